The molecule has 1 aliphatic carbocycles. The first kappa shape index (κ1) is 28.6. The van der Waals surface area contributed by atoms with E-state index < -0.39 is 0 Å². The maximum atomic E-state index is 14.5. The molecular formula is C36H43FN2. The number of allylic oxidation sites excluding steroid dienone is 2. The van der Waals surface area contributed by atoms with E-state index in [2.05, 4.69) is 85.6 Å². The molecular weight excluding hydrogens is 479 g/mol. The predicted molar refractivity (Wildman–Crippen MR) is 165 cm³/mol. The minimum atomic E-state index is -0.0920. The summed E-state index contributed by atoms with van der Waals surface area (Å²) in [7, 11) is 4.01. The van der Waals surface area contributed by atoms with Gasteiger partial charge in [-0.1, -0.05) is 80.6 Å². The van der Waals surface area contributed by atoms with Crippen LogP contribution in [0.1, 0.15) is 66.0 Å². The lowest BCUT2D eigenvalue weighted by Gasteiger charge is -2.18. The fourth-order valence-corrected chi connectivity index (χ4v) is 5.35. The average Bonchev–Trinajstić information content (AvgIpc) is 3.14. The summed E-state index contributed by atoms with van der Waals surface area (Å²) in [6.45, 7) is 7.96. The summed E-state index contributed by atoms with van der Waals surface area (Å²) in [6, 6.07) is 23.7. The minimum Gasteiger partial charge on any atom is -0.378 e. The molecule has 4 rings (SSSR count). The van der Waals surface area contributed by atoms with Crippen LogP contribution in [0.4, 0.5) is 4.39 Å². The van der Waals surface area contributed by atoms with Crippen molar-refractivity contribution in [3.8, 4) is 0 Å². The number of aryl methyl sites for hydroxylation is 3. The highest BCUT2D eigenvalue weighted by molar-refractivity contribution is 5.99. The van der Waals surface area contributed by atoms with Gasteiger partial charge >= 0.3 is 0 Å². The number of nitrogens with one attached hydrogen (secondary N) is 1. The SMILES string of the molecule is C=C(/C=C/CNCCCc1ccc(C2=C(c3ccc(F)c(CCC)c3)CCCc3ccccc32)cc1)N(C)C. The van der Waals surface area contributed by atoms with Crippen LogP contribution < -0.4 is 5.32 Å². The Morgan fingerprint density at radius 1 is 0.974 bits per heavy atom. The van der Waals surface area contributed by atoms with E-state index in [1.165, 1.54) is 33.4 Å². The molecule has 1 aliphatic rings. The van der Waals surface area contributed by atoms with Gasteiger partial charge in [-0.15, -0.1) is 0 Å². The number of hydrogen-bond acceptors (Lipinski definition) is 2. The molecule has 0 radical (unpaired) electrons. The normalized spacial score (nSPS) is 13.4. The third-order valence-corrected chi connectivity index (χ3v) is 7.58. The van der Waals surface area contributed by atoms with Crippen LogP contribution >= 0.6 is 0 Å². The van der Waals surface area contributed by atoms with Gasteiger partial charge in [-0.25, -0.2) is 4.39 Å². The highest BCUT2D eigenvalue weighted by atomic mass is 19.1. The van der Waals surface area contributed by atoms with Crippen LogP contribution in [0, 0.1) is 5.82 Å². The van der Waals surface area contributed by atoms with E-state index in [9.17, 15) is 4.39 Å². The van der Waals surface area contributed by atoms with Crippen molar-refractivity contribution in [2.75, 3.05) is 27.2 Å². The molecule has 3 aromatic rings. The van der Waals surface area contributed by atoms with Gasteiger partial charge in [-0.05, 0) is 108 Å². The Balaban J connectivity index is 1.53. The average molecular weight is 523 g/mol. The van der Waals surface area contributed by atoms with Gasteiger partial charge in [0.2, 0.25) is 0 Å². The van der Waals surface area contributed by atoms with E-state index in [1.54, 1.807) is 6.07 Å². The summed E-state index contributed by atoms with van der Waals surface area (Å²) < 4.78 is 14.5. The standard InChI is InChI=1S/C36H43FN2/c1-5-11-32-26-31(22-23-35(32)37)34-17-8-15-29-14-6-7-16-33(29)36(34)30-20-18-28(19-21-30)13-10-25-38-24-9-12-27(2)39(3)4/h6-7,9,12,14,16,18-23,26,38H,2,5,8,10-11,13,15,17,24-25H2,1,3-4H3/b12-9+. The van der Waals surface area contributed by atoms with Crippen LogP contribution in [0.5, 0.6) is 0 Å². The summed E-state index contributed by atoms with van der Waals surface area (Å²) in [6.07, 6.45) is 11.2. The van der Waals surface area contributed by atoms with E-state index in [0.717, 1.165) is 74.9 Å². The first-order valence-electron chi connectivity index (χ1n) is 14.4. The van der Waals surface area contributed by atoms with Crippen molar-refractivity contribution < 1.29 is 4.39 Å². The van der Waals surface area contributed by atoms with E-state index in [0.29, 0.717) is 0 Å². The molecule has 39 heavy (non-hydrogen) atoms. The van der Waals surface area contributed by atoms with Crippen LogP contribution in [0.3, 0.4) is 0 Å². The lowest BCUT2D eigenvalue weighted by molar-refractivity contribution is 0.532. The Labute approximate surface area is 235 Å². The molecule has 2 nitrogen and oxygen atoms in total. The van der Waals surface area contributed by atoms with Crippen molar-refractivity contribution in [3.63, 3.8) is 0 Å². The molecule has 1 N–H and O–H groups in total. The second kappa shape index (κ2) is 14.1. The van der Waals surface area contributed by atoms with Gasteiger partial charge in [0.05, 0.1) is 0 Å². The summed E-state index contributed by atoms with van der Waals surface area (Å²) in [5, 5.41) is 3.49. The highest BCUT2D eigenvalue weighted by Gasteiger charge is 2.20. The monoisotopic (exact) mass is 522 g/mol. The van der Waals surface area contributed by atoms with Crippen molar-refractivity contribution in [3.05, 3.63) is 130 Å². The predicted octanol–water partition coefficient (Wildman–Crippen LogP) is 8.23. The van der Waals surface area contributed by atoms with Gasteiger partial charge in [-0.2, -0.15) is 0 Å². The highest BCUT2D eigenvalue weighted by Crippen LogP contribution is 2.40. The number of benzene rings is 3. The van der Waals surface area contributed by atoms with Crippen LogP contribution in [0.15, 0.2) is 91.2 Å². The minimum absolute atomic E-state index is 0.0920. The van der Waals surface area contributed by atoms with E-state index >= 15 is 0 Å². The zero-order chi connectivity index (χ0) is 27.6. The quantitative estimate of drug-likeness (QED) is 0.190. The molecule has 0 unspecified atom stereocenters. The fourth-order valence-electron chi connectivity index (χ4n) is 5.35. The second-order valence-electron chi connectivity index (χ2n) is 10.7. The van der Waals surface area contributed by atoms with Gasteiger partial charge in [-0.3, -0.25) is 0 Å². The second-order valence-corrected chi connectivity index (χ2v) is 10.7. The largest absolute Gasteiger partial charge is 0.378 e. The third-order valence-electron chi connectivity index (χ3n) is 7.58. The van der Waals surface area contributed by atoms with Crippen molar-refractivity contribution >= 4 is 11.1 Å². The summed E-state index contributed by atoms with van der Waals surface area (Å²) in [4.78, 5) is 2.01. The number of likely N-dealkylation sites (N-methyl/N-ethyl adjacent to an activating group) is 1. The van der Waals surface area contributed by atoms with Gasteiger partial charge in [0.1, 0.15) is 5.82 Å². The van der Waals surface area contributed by atoms with Crippen molar-refractivity contribution in [1.82, 2.24) is 10.2 Å². The molecule has 0 saturated heterocycles. The van der Waals surface area contributed by atoms with Crippen LogP contribution in [-0.2, 0) is 19.3 Å². The van der Waals surface area contributed by atoms with Gasteiger partial charge in [0.25, 0.3) is 0 Å². The smallest absolute Gasteiger partial charge is 0.126 e. The maximum Gasteiger partial charge on any atom is 0.126 e. The Bertz CT molecular complexity index is 1310. The van der Waals surface area contributed by atoms with Gasteiger partial charge < -0.3 is 10.2 Å². The summed E-state index contributed by atoms with van der Waals surface area (Å²) in [5.41, 5.74) is 10.9. The summed E-state index contributed by atoms with van der Waals surface area (Å²) in [5.74, 6) is -0.0920. The number of rotatable bonds is 12. The molecule has 0 spiro atoms. The number of halogens is 1. The topological polar surface area (TPSA) is 15.3 Å². The van der Waals surface area contributed by atoms with Crippen molar-refractivity contribution in [1.29, 1.82) is 0 Å². The molecule has 204 valence electrons. The Morgan fingerprint density at radius 3 is 2.51 bits per heavy atom. The Morgan fingerprint density at radius 2 is 1.74 bits per heavy atom. The Kier molecular flexibility index (Phi) is 10.3. The van der Waals surface area contributed by atoms with E-state index in [1.807, 2.05) is 25.1 Å². The number of fused-ring (bicyclic) bond motifs is 1. The van der Waals surface area contributed by atoms with Crippen LogP contribution in [-0.4, -0.2) is 32.1 Å². The molecule has 3 aromatic carbocycles. The number of hydrogen-bond donors (Lipinski definition) is 1. The van der Waals surface area contributed by atoms with Crippen LogP contribution in [0.2, 0.25) is 0 Å². The van der Waals surface area contributed by atoms with E-state index in [-0.39, 0.29) is 5.82 Å². The Hall–Kier alpha value is -3.43. The van der Waals surface area contributed by atoms with Crippen molar-refractivity contribution in [2.24, 2.45) is 0 Å². The first-order chi connectivity index (χ1) is 19.0. The molecule has 0 atom stereocenters. The summed E-state index contributed by atoms with van der Waals surface area (Å²) >= 11 is 0. The molecule has 0 bridgehead atoms. The fraction of sp³-hybridized carbons (Fsp3) is 0.333. The molecule has 0 aromatic heterocycles. The molecule has 3 heteroatoms. The lowest BCUT2D eigenvalue weighted by atomic mass is 9.87. The zero-order valence-corrected chi connectivity index (χ0v) is 23.9. The number of nitrogens with zero attached hydrogens (tertiary/aromatic N) is 1. The molecule has 0 amide bonds. The van der Waals surface area contributed by atoms with E-state index in [4.69, 9.17) is 0 Å². The maximum absolute atomic E-state index is 14.5. The van der Waals surface area contributed by atoms with Gasteiger partial charge in [0, 0.05) is 26.3 Å². The van der Waals surface area contributed by atoms with Crippen LogP contribution in [0.25, 0.3) is 11.1 Å². The lowest BCUT2D eigenvalue weighted by Crippen LogP contribution is -2.16. The molecule has 0 fully saturated rings. The zero-order valence-electron chi connectivity index (χ0n) is 23.9. The molecule has 0 aliphatic heterocycles. The first-order valence-corrected chi connectivity index (χ1v) is 14.4. The molecule has 0 saturated carbocycles. The van der Waals surface area contributed by atoms with Crippen molar-refractivity contribution in [2.45, 2.75) is 51.9 Å². The van der Waals surface area contributed by atoms with Gasteiger partial charge in [0.15, 0.2) is 0 Å². The third kappa shape index (κ3) is 7.58. The molecule has 0 heterocycles.